The van der Waals surface area contributed by atoms with Crippen molar-refractivity contribution in [2.24, 2.45) is 0 Å². The zero-order chi connectivity index (χ0) is 13.5. The second-order valence-corrected chi connectivity index (χ2v) is 4.62. The lowest BCUT2D eigenvalue weighted by molar-refractivity contribution is 0.172. The number of phenolic OH excluding ortho intramolecular Hbond substituents is 1. The Morgan fingerprint density at radius 3 is 2.60 bits per heavy atom. The highest BCUT2D eigenvalue weighted by molar-refractivity contribution is 5.84. The number of imidazole rings is 1. The lowest BCUT2D eigenvalue weighted by atomic mass is 10.2. The number of rotatable bonds is 1. The predicted octanol–water partition coefficient (Wildman–Crippen LogP) is 2.71. The molecule has 100 valence electrons. The third kappa shape index (κ3) is 1.67. The molecule has 5 nitrogen and oxygen atoms in total. The van der Waals surface area contributed by atoms with E-state index in [4.69, 9.17) is 9.47 Å². The summed E-state index contributed by atoms with van der Waals surface area (Å²) < 4.78 is 11.1. The summed E-state index contributed by atoms with van der Waals surface area (Å²) in [7, 11) is 0. The van der Waals surface area contributed by atoms with Gasteiger partial charge in [-0.3, -0.25) is 0 Å². The second kappa shape index (κ2) is 4.16. The van der Waals surface area contributed by atoms with E-state index in [-0.39, 0.29) is 5.75 Å². The molecule has 0 aliphatic carbocycles. The van der Waals surface area contributed by atoms with Crippen LogP contribution in [0.2, 0.25) is 0 Å². The molecule has 4 rings (SSSR count). The van der Waals surface area contributed by atoms with Gasteiger partial charge in [0, 0.05) is 12.1 Å². The molecule has 5 heteroatoms. The van der Waals surface area contributed by atoms with E-state index in [0.717, 1.165) is 16.8 Å². The largest absolute Gasteiger partial charge is 0.507 e. The lowest BCUT2D eigenvalue weighted by Gasteiger charge is -2.17. The molecule has 0 atom stereocenters. The van der Waals surface area contributed by atoms with Crippen LogP contribution in [0.1, 0.15) is 0 Å². The maximum Gasteiger partial charge on any atom is 0.163 e. The van der Waals surface area contributed by atoms with Crippen molar-refractivity contribution in [1.29, 1.82) is 0 Å². The molecule has 1 aliphatic heterocycles. The highest BCUT2D eigenvalue weighted by atomic mass is 16.6. The van der Waals surface area contributed by atoms with Gasteiger partial charge < -0.3 is 19.6 Å². The number of aromatic nitrogens is 2. The minimum Gasteiger partial charge on any atom is -0.507 e. The van der Waals surface area contributed by atoms with Gasteiger partial charge in [-0.25, -0.2) is 4.98 Å². The van der Waals surface area contributed by atoms with E-state index in [0.29, 0.717) is 30.4 Å². The smallest absolute Gasteiger partial charge is 0.163 e. The minimum atomic E-state index is 0.198. The first-order valence-corrected chi connectivity index (χ1v) is 6.39. The summed E-state index contributed by atoms with van der Waals surface area (Å²) in [6, 6.07) is 10.8. The monoisotopic (exact) mass is 268 g/mol. The van der Waals surface area contributed by atoms with Crippen molar-refractivity contribution in [3.8, 4) is 28.6 Å². The Labute approximate surface area is 114 Å². The first-order valence-electron chi connectivity index (χ1n) is 6.39. The molecule has 0 saturated carbocycles. The normalized spacial score (nSPS) is 13.6. The summed E-state index contributed by atoms with van der Waals surface area (Å²) >= 11 is 0. The van der Waals surface area contributed by atoms with Gasteiger partial charge in [0.2, 0.25) is 0 Å². The van der Waals surface area contributed by atoms with Gasteiger partial charge in [-0.05, 0) is 12.1 Å². The number of nitrogens with zero attached hydrogens (tertiary/aromatic N) is 1. The van der Waals surface area contributed by atoms with E-state index in [1.165, 1.54) is 0 Å². The fourth-order valence-electron chi connectivity index (χ4n) is 2.35. The van der Waals surface area contributed by atoms with E-state index >= 15 is 0 Å². The SMILES string of the molecule is Oc1ccccc1-c1nc2cc3c(cc2[nH]1)OCCO3. The van der Waals surface area contributed by atoms with Crippen molar-refractivity contribution in [2.75, 3.05) is 13.2 Å². The highest BCUT2D eigenvalue weighted by Crippen LogP contribution is 2.35. The van der Waals surface area contributed by atoms with E-state index in [9.17, 15) is 5.11 Å². The zero-order valence-electron chi connectivity index (χ0n) is 10.6. The third-order valence-corrected chi connectivity index (χ3v) is 3.31. The standard InChI is InChI=1S/C15H12N2O3/c18-12-4-2-1-3-9(12)15-16-10-7-13-14(8-11(10)17-15)20-6-5-19-13/h1-4,7-8,18H,5-6H2,(H,16,17). The van der Waals surface area contributed by atoms with Crippen molar-refractivity contribution in [3.63, 3.8) is 0 Å². The molecule has 0 saturated heterocycles. The Hall–Kier alpha value is -2.69. The van der Waals surface area contributed by atoms with E-state index in [1.807, 2.05) is 24.3 Å². The maximum absolute atomic E-state index is 9.89. The molecule has 0 fully saturated rings. The van der Waals surface area contributed by atoms with Crippen LogP contribution in [0, 0.1) is 0 Å². The summed E-state index contributed by atoms with van der Waals surface area (Å²) in [5, 5.41) is 9.89. The number of aromatic hydroxyl groups is 1. The van der Waals surface area contributed by atoms with Gasteiger partial charge in [0.15, 0.2) is 11.5 Å². The van der Waals surface area contributed by atoms with Crippen LogP contribution in [0.5, 0.6) is 17.2 Å². The number of aromatic amines is 1. The van der Waals surface area contributed by atoms with Crippen molar-refractivity contribution >= 4 is 11.0 Å². The average Bonchev–Trinajstić information content (AvgIpc) is 2.87. The van der Waals surface area contributed by atoms with Crippen LogP contribution in [0.25, 0.3) is 22.4 Å². The number of nitrogens with one attached hydrogen (secondary N) is 1. The number of H-pyrrole nitrogens is 1. The number of hydrogen-bond donors (Lipinski definition) is 2. The van der Waals surface area contributed by atoms with Crippen LogP contribution in [0.15, 0.2) is 36.4 Å². The Balaban J connectivity index is 1.89. The van der Waals surface area contributed by atoms with Gasteiger partial charge in [0.05, 0.1) is 16.6 Å². The minimum absolute atomic E-state index is 0.198. The van der Waals surface area contributed by atoms with E-state index in [1.54, 1.807) is 12.1 Å². The Bertz CT molecular complexity index is 752. The van der Waals surface area contributed by atoms with Gasteiger partial charge in [0.25, 0.3) is 0 Å². The molecule has 0 unspecified atom stereocenters. The number of hydrogen-bond acceptors (Lipinski definition) is 4. The molecule has 0 radical (unpaired) electrons. The van der Waals surface area contributed by atoms with Crippen molar-refractivity contribution in [1.82, 2.24) is 9.97 Å². The fraction of sp³-hybridized carbons (Fsp3) is 0.133. The topological polar surface area (TPSA) is 67.4 Å². The molecule has 3 aromatic rings. The number of fused-ring (bicyclic) bond motifs is 2. The van der Waals surface area contributed by atoms with Crippen LogP contribution in [-0.4, -0.2) is 28.3 Å². The van der Waals surface area contributed by atoms with E-state index in [2.05, 4.69) is 9.97 Å². The van der Waals surface area contributed by atoms with Gasteiger partial charge in [0.1, 0.15) is 24.8 Å². The van der Waals surface area contributed by atoms with Crippen LogP contribution in [0.4, 0.5) is 0 Å². The number of ether oxygens (including phenoxy) is 2. The van der Waals surface area contributed by atoms with Gasteiger partial charge >= 0.3 is 0 Å². The van der Waals surface area contributed by atoms with Crippen molar-refractivity contribution < 1.29 is 14.6 Å². The van der Waals surface area contributed by atoms with Crippen molar-refractivity contribution in [3.05, 3.63) is 36.4 Å². The summed E-state index contributed by atoms with van der Waals surface area (Å²) in [6.07, 6.45) is 0. The zero-order valence-corrected chi connectivity index (χ0v) is 10.6. The van der Waals surface area contributed by atoms with E-state index < -0.39 is 0 Å². The second-order valence-electron chi connectivity index (χ2n) is 4.62. The van der Waals surface area contributed by atoms with Gasteiger partial charge in [-0.15, -0.1) is 0 Å². The summed E-state index contributed by atoms with van der Waals surface area (Å²) in [4.78, 5) is 7.70. The predicted molar refractivity (Wildman–Crippen MR) is 74.2 cm³/mol. The lowest BCUT2D eigenvalue weighted by Crippen LogP contribution is -2.15. The molecule has 0 bridgehead atoms. The third-order valence-electron chi connectivity index (χ3n) is 3.31. The summed E-state index contributed by atoms with van der Waals surface area (Å²) in [5.41, 5.74) is 2.31. The molecule has 0 spiro atoms. The first kappa shape index (κ1) is 11.2. The molecule has 20 heavy (non-hydrogen) atoms. The Kier molecular flexibility index (Phi) is 2.32. The Morgan fingerprint density at radius 2 is 1.80 bits per heavy atom. The quantitative estimate of drug-likeness (QED) is 0.712. The van der Waals surface area contributed by atoms with Crippen LogP contribution >= 0.6 is 0 Å². The molecule has 0 amide bonds. The molecule has 1 aliphatic rings. The molecule has 2 aromatic carbocycles. The highest BCUT2D eigenvalue weighted by Gasteiger charge is 2.16. The van der Waals surface area contributed by atoms with Gasteiger partial charge in [-0.2, -0.15) is 0 Å². The average molecular weight is 268 g/mol. The molecular formula is C15H12N2O3. The van der Waals surface area contributed by atoms with Gasteiger partial charge in [-0.1, -0.05) is 12.1 Å². The first-order chi connectivity index (χ1) is 9.81. The number of benzene rings is 2. The number of para-hydroxylation sites is 1. The summed E-state index contributed by atoms with van der Waals surface area (Å²) in [5.74, 6) is 2.25. The van der Waals surface area contributed by atoms with Crippen LogP contribution < -0.4 is 9.47 Å². The summed E-state index contributed by atoms with van der Waals surface area (Å²) in [6.45, 7) is 1.11. The molecular weight excluding hydrogens is 256 g/mol. The molecule has 2 heterocycles. The van der Waals surface area contributed by atoms with Crippen molar-refractivity contribution in [2.45, 2.75) is 0 Å². The number of phenols is 1. The molecule has 2 N–H and O–H groups in total. The fourth-order valence-corrected chi connectivity index (χ4v) is 2.35. The van der Waals surface area contributed by atoms with Crippen LogP contribution in [-0.2, 0) is 0 Å². The maximum atomic E-state index is 9.89. The molecule has 1 aromatic heterocycles. The van der Waals surface area contributed by atoms with Crippen LogP contribution in [0.3, 0.4) is 0 Å². The Morgan fingerprint density at radius 1 is 1.05 bits per heavy atom.